The minimum Gasteiger partial charge on any atom is -0.316 e. The molecule has 0 amide bonds. The predicted octanol–water partition coefficient (Wildman–Crippen LogP) is 4.05. The first-order valence-corrected chi connectivity index (χ1v) is 7.94. The Balaban J connectivity index is 2.10. The Morgan fingerprint density at radius 3 is 2.89 bits per heavy atom. The SMILES string of the molecule is CCCNCC1CCCCCC1c1cnccc1C. The van der Waals surface area contributed by atoms with Gasteiger partial charge in [0, 0.05) is 12.4 Å². The molecular weight excluding hydrogens is 232 g/mol. The molecule has 1 aromatic rings. The third-order valence-electron chi connectivity index (χ3n) is 4.47. The van der Waals surface area contributed by atoms with Crippen molar-refractivity contribution < 1.29 is 0 Å². The van der Waals surface area contributed by atoms with Gasteiger partial charge in [-0.25, -0.2) is 0 Å². The molecule has 0 aliphatic heterocycles. The van der Waals surface area contributed by atoms with Gasteiger partial charge < -0.3 is 5.32 Å². The smallest absolute Gasteiger partial charge is 0.0305 e. The van der Waals surface area contributed by atoms with Crippen LogP contribution in [0.2, 0.25) is 0 Å². The van der Waals surface area contributed by atoms with Crippen molar-refractivity contribution in [3.05, 3.63) is 29.6 Å². The summed E-state index contributed by atoms with van der Waals surface area (Å²) in [5.74, 6) is 1.50. The quantitative estimate of drug-likeness (QED) is 0.638. The van der Waals surface area contributed by atoms with Crippen LogP contribution in [-0.4, -0.2) is 18.1 Å². The molecule has 2 unspecified atom stereocenters. The molecule has 1 fully saturated rings. The molecule has 1 saturated carbocycles. The van der Waals surface area contributed by atoms with Crippen molar-refractivity contribution in [1.29, 1.82) is 0 Å². The Hall–Kier alpha value is -0.890. The van der Waals surface area contributed by atoms with Gasteiger partial charge in [0.1, 0.15) is 0 Å². The van der Waals surface area contributed by atoms with Crippen molar-refractivity contribution in [2.75, 3.05) is 13.1 Å². The third-order valence-corrected chi connectivity index (χ3v) is 4.47. The summed E-state index contributed by atoms with van der Waals surface area (Å²) in [6.07, 6.45) is 12.1. The van der Waals surface area contributed by atoms with E-state index in [4.69, 9.17) is 0 Å². The number of rotatable bonds is 5. The summed E-state index contributed by atoms with van der Waals surface area (Å²) in [5, 5.41) is 3.63. The molecule has 0 aromatic carbocycles. The third kappa shape index (κ3) is 4.04. The van der Waals surface area contributed by atoms with E-state index >= 15 is 0 Å². The molecule has 1 N–H and O–H groups in total. The van der Waals surface area contributed by atoms with Gasteiger partial charge in [-0.05, 0) is 68.3 Å². The van der Waals surface area contributed by atoms with Crippen LogP contribution < -0.4 is 5.32 Å². The maximum absolute atomic E-state index is 4.36. The van der Waals surface area contributed by atoms with E-state index in [0.29, 0.717) is 5.92 Å². The van der Waals surface area contributed by atoms with Crippen LogP contribution in [0.5, 0.6) is 0 Å². The number of pyridine rings is 1. The number of aromatic nitrogens is 1. The first-order chi connectivity index (χ1) is 9.33. The topological polar surface area (TPSA) is 24.9 Å². The predicted molar refractivity (Wildman–Crippen MR) is 81.5 cm³/mol. The van der Waals surface area contributed by atoms with Gasteiger partial charge in [0.25, 0.3) is 0 Å². The van der Waals surface area contributed by atoms with E-state index in [2.05, 4.69) is 36.4 Å². The van der Waals surface area contributed by atoms with Crippen molar-refractivity contribution in [3.63, 3.8) is 0 Å². The summed E-state index contributed by atoms with van der Waals surface area (Å²) in [6.45, 7) is 6.79. The lowest BCUT2D eigenvalue weighted by Gasteiger charge is -2.27. The molecule has 1 aromatic heterocycles. The molecule has 2 atom stereocenters. The zero-order valence-electron chi connectivity index (χ0n) is 12.5. The Morgan fingerprint density at radius 2 is 2.11 bits per heavy atom. The lowest BCUT2D eigenvalue weighted by Crippen LogP contribution is -2.27. The van der Waals surface area contributed by atoms with E-state index < -0.39 is 0 Å². The van der Waals surface area contributed by atoms with Crippen molar-refractivity contribution in [3.8, 4) is 0 Å². The number of hydrogen-bond acceptors (Lipinski definition) is 2. The summed E-state index contributed by atoms with van der Waals surface area (Å²) in [6, 6.07) is 2.16. The zero-order chi connectivity index (χ0) is 13.5. The molecule has 0 spiro atoms. The largest absolute Gasteiger partial charge is 0.316 e. The highest BCUT2D eigenvalue weighted by atomic mass is 14.9. The molecule has 2 rings (SSSR count). The standard InChI is InChI=1S/C17H28N2/c1-3-10-18-12-15-7-5-4-6-8-16(15)17-13-19-11-9-14(17)2/h9,11,13,15-16,18H,3-8,10,12H2,1-2H3. The Kier molecular flexibility index (Phi) is 5.84. The summed E-state index contributed by atoms with van der Waals surface area (Å²) in [7, 11) is 0. The molecule has 0 bridgehead atoms. The molecule has 1 aliphatic carbocycles. The van der Waals surface area contributed by atoms with Gasteiger partial charge in [0.15, 0.2) is 0 Å². The molecule has 2 heteroatoms. The van der Waals surface area contributed by atoms with Gasteiger partial charge in [-0.15, -0.1) is 0 Å². The van der Waals surface area contributed by atoms with E-state index in [1.165, 1.54) is 56.2 Å². The van der Waals surface area contributed by atoms with Crippen LogP contribution in [0.1, 0.15) is 62.5 Å². The number of aryl methyl sites for hydroxylation is 1. The van der Waals surface area contributed by atoms with Gasteiger partial charge in [0.05, 0.1) is 0 Å². The lowest BCUT2D eigenvalue weighted by atomic mass is 9.81. The van der Waals surface area contributed by atoms with E-state index in [1.54, 1.807) is 0 Å². The van der Waals surface area contributed by atoms with E-state index in [-0.39, 0.29) is 0 Å². The Morgan fingerprint density at radius 1 is 1.26 bits per heavy atom. The van der Waals surface area contributed by atoms with Crippen LogP contribution in [0.3, 0.4) is 0 Å². The Labute approximate surface area is 118 Å². The van der Waals surface area contributed by atoms with Gasteiger partial charge >= 0.3 is 0 Å². The van der Waals surface area contributed by atoms with Crippen molar-refractivity contribution in [2.45, 2.75) is 58.3 Å². The molecule has 0 radical (unpaired) electrons. The molecule has 2 nitrogen and oxygen atoms in total. The second-order valence-corrected chi connectivity index (χ2v) is 5.94. The van der Waals surface area contributed by atoms with E-state index in [1.807, 2.05) is 6.20 Å². The summed E-state index contributed by atoms with van der Waals surface area (Å²) < 4.78 is 0. The summed E-state index contributed by atoms with van der Waals surface area (Å²) >= 11 is 0. The normalized spacial score (nSPS) is 24.1. The van der Waals surface area contributed by atoms with E-state index in [9.17, 15) is 0 Å². The molecule has 1 heterocycles. The fourth-order valence-electron chi connectivity index (χ4n) is 3.37. The van der Waals surface area contributed by atoms with Crippen LogP contribution in [0, 0.1) is 12.8 Å². The lowest BCUT2D eigenvalue weighted by molar-refractivity contribution is 0.374. The first-order valence-electron chi connectivity index (χ1n) is 7.94. The van der Waals surface area contributed by atoms with Crippen LogP contribution in [0.4, 0.5) is 0 Å². The van der Waals surface area contributed by atoms with Gasteiger partial charge in [-0.2, -0.15) is 0 Å². The summed E-state index contributed by atoms with van der Waals surface area (Å²) in [5.41, 5.74) is 2.91. The van der Waals surface area contributed by atoms with Crippen molar-refractivity contribution in [1.82, 2.24) is 10.3 Å². The average Bonchev–Trinajstić information content (AvgIpc) is 2.65. The van der Waals surface area contributed by atoms with Gasteiger partial charge in [0.2, 0.25) is 0 Å². The fraction of sp³-hybridized carbons (Fsp3) is 0.706. The van der Waals surface area contributed by atoms with Crippen LogP contribution >= 0.6 is 0 Å². The van der Waals surface area contributed by atoms with E-state index in [0.717, 1.165) is 12.5 Å². The second-order valence-electron chi connectivity index (χ2n) is 5.94. The highest BCUT2D eigenvalue weighted by Gasteiger charge is 2.25. The van der Waals surface area contributed by atoms with Gasteiger partial charge in [-0.3, -0.25) is 4.98 Å². The molecule has 0 saturated heterocycles. The van der Waals surface area contributed by atoms with Crippen molar-refractivity contribution >= 4 is 0 Å². The van der Waals surface area contributed by atoms with Crippen LogP contribution in [0.15, 0.2) is 18.5 Å². The average molecular weight is 260 g/mol. The first kappa shape index (κ1) is 14.5. The highest BCUT2D eigenvalue weighted by molar-refractivity contribution is 5.26. The van der Waals surface area contributed by atoms with Crippen LogP contribution in [0.25, 0.3) is 0 Å². The van der Waals surface area contributed by atoms with Crippen molar-refractivity contribution in [2.24, 2.45) is 5.92 Å². The minimum absolute atomic E-state index is 0.709. The molecule has 19 heavy (non-hydrogen) atoms. The molecule has 1 aliphatic rings. The zero-order valence-corrected chi connectivity index (χ0v) is 12.5. The number of nitrogens with zero attached hydrogens (tertiary/aromatic N) is 1. The minimum atomic E-state index is 0.709. The Bertz CT molecular complexity index is 375. The fourth-order valence-corrected chi connectivity index (χ4v) is 3.37. The second kappa shape index (κ2) is 7.64. The van der Waals surface area contributed by atoms with Crippen LogP contribution in [-0.2, 0) is 0 Å². The monoisotopic (exact) mass is 260 g/mol. The number of hydrogen-bond donors (Lipinski definition) is 1. The number of nitrogens with one attached hydrogen (secondary N) is 1. The maximum atomic E-state index is 4.36. The maximum Gasteiger partial charge on any atom is 0.0305 e. The molecule has 106 valence electrons. The van der Waals surface area contributed by atoms with Gasteiger partial charge in [-0.1, -0.05) is 26.2 Å². The molecular formula is C17H28N2. The summed E-state index contributed by atoms with van der Waals surface area (Å²) in [4.78, 5) is 4.36. The highest BCUT2D eigenvalue weighted by Crippen LogP contribution is 2.37.